The Morgan fingerprint density at radius 2 is 1.48 bits per heavy atom. The Kier molecular flexibility index (Phi) is 8.02. The average Bonchev–Trinajstić information content (AvgIpc) is 2.46. The van der Waals surface area contributed by atoms with E-state index in [0.717, 1.165) is 0 Å². The number of ether oxygens (including phenoxy) is 2. The first-order chi connectivity index (χ1) is 10.8. The Hall–Kier alpha value is -1.11. The standard InChI is InChI=1S/C17H29NO4S/c1-14(2)12-18(13-15(3)4)23(19,20)17-8-6-16(7-9-17)22-11-10-21-5/h6-9,14-15H,10-13H2,1-5H3. The fourth-order valence-corrected chi connectivity index (χ4v) is 3.95. The van der Waals surface area contributed by atoms with Gasteiger partial charge in [0.05, 0.1) is 11.5 Å². The van der Waals surface area contributed by atoms with Gasteiger partial charge in [-0.05, 0) is 36.1 Å². The van der Waals surface area contributed by atoms with E-state index in [1.807, 2.05) is 27.7 Å². The lowest BCUT2D eigenvalue weighted by atomic mass is 10.2. The lowest BCUT2D eigenvalue weighted by molar-refractivity contribution is 0.146. The van der Waals surface area contributed by atoms with Gasteiger partial charge in [0.15, 0.2) is 0 Å². The molecule has 0 spiro atoms. The van der Waals surface area contributed by atoms with E-state index < -0.39 is 10.0 Å². The van der Waals surface area contributed by atoms with Gasteiger partial charge in [0.25, 0.3) is 0 Å². The highest BCUT2D eigenvalue weighted by Crippen LogP contribution is 2.21. The molecule has 0 atom stereocenters. The van der Waals surface area contributed by atoms with Crippen molar-refractivity contribution < 1.29 is 17.9 Å². The first-order valence-corrected chi connectivity index (χ1v) is 9.43. The van der Waals surface area contributed by atoms with Crippen molar-refractivity contribution in [2.75, 3.05) is 33.4 Å². The molecule has 0 aliphatic rings. The van der Waals surface area contributed by atoms with Crippen LogP contribution in [-0.2, 0) is 14.8 Å². The molecular formula is C17H29NO4S. The quantitative estimate of drug-likeness (QED) is 0.613. The summed E-state index contributed by atoms with van der Waals surface area (Å²) in [5.74, 6) is 1.20. The molecule has 0 aliphatic heterocycles. The van der Waals surface area contributed by atoms with E-state index in [4.69, 9.17) is 9.47 Å². The largest absolute Gasteiger partial charge is 0.491 e. The molecule has 0 saturated carbocycles. The molecule has 6 heteroatoms. The lowest BCUT2D eigenvalue weighted by Crippen LogP contribution is -2.37. The summed E-state index contributed by atoms with van der Waals surface area (Å²) in [6, 6.07) is 6.58. The van der Waals surface area contributed by atoms with Gasteiger partial charge < -0.3 is 9.47 Å². The first kappa shape index (κ1) is 19.9. The molecule has 0 radical (unpaired) electrons. The van der Waals surface area contributed by atoms with Gasteiger partial charge in [-0.3, -0.25) is 0 Å². The van der Waals surface area contributed by atoms with Crippen molar-refractivity contribution in [3.05, 3.63) is 24.3 Å². The highest BCUT2D eigenvalue weighted by Gasteiger charge is 2.25. The zero-order valence-corrected chi connectivity index (χ0v) is 15.6. The van der Waals surface area contributed by atoms with Gasteiger partial charge >= 0.3 is 0 Å². The minimum Gasteiger partial charge on any atom is -0.491 e. The van der Waals surface area contributed by atoms with E-state index in [1.54, 1.807) is 35.7 Å². The Labute approximate surface area is 140 Å². The van der Waals surface area contributed by atoms with Gasteiger partial charge in [-0.1, -0.05) is 27.7 Å². The second-order valence-corrected chi connectivity index (χ2v) is 8.36. The van der Waals surface area contributed by atoms with E-state index in [9.17, 15) is 8.42 Å². The molecule has 0 amide bonds. The van der Waals surface area contributed by atoms with Crippen molar-refractivity contribution >= 4 is 10.0 Å². The second kappa shape index (κ2) is 9.25. The maximum absolute atomic E-state index is 12.8. The predicted octanol–water partition coefficient (Wildman–Crippen LogP) is 3.01. The van der Waals surface area contributed by atoms with Crippen molar-refractivity contribution in [2.45, 2.75) is 32.6 Å². The van der Waals surface area contributed by atoms with Crippen LogP contribution in [0.5, 0.6) is 5.75 Å². The molecule has 0 heterocycles. The van der Waals surface area contributed by atoms with Crippen molar-refractivity contribution in [2.24, 2.45) is 11.8 Å². The molecule has 0 aliphatic carbocycles. The van der Waals surface area contributed by atoms with Crippen LogP contribution >= 0.6 is 0 Å². The molecule has 0 aromatic heterocycles. The summed E-state index contributed by atoms with van der Waals surface area (Å²) in [5, 5.41) is 0. The SMILES string of the molecule is COCCOc1ccc(S(=O)(=O)N(CC(C)C)CC(C)C)cc1. The van der Waals surface area contributed by atoms with E-state index in [-0.39, 0.29) is 11.8 Å². The topological polar surface area (TPSA) is 55.8 Å². The molecule has 1 rings (SSSR count). The number of hydrogen-bond donors (Lipinski definition) is 0. The van der Waals surface area contributed by atoms with Crippen LogP contribution in [0.4, 0.5) is 0 Å². The third kappa shape index (κ3) is 6.49. The predicted molar refractivity (Wildman–Crippen MR) is 92.2 cm³/mol. The minimum absolute atomic E-state index is 0.278. The zero-order chi connectivity index (χ0) is 17.5. The van der Waals surface area contributed by atoms with Crippen LogP contribution in [0.3, 0.4) is 0 Å². The number of benzene rings is 1. The number of rotatable bonds is 10. The monoisotopic (exact) mass is 343 g/mol. The van der Waals surface area contributed by atoms with Gasteiger partial charge in [0.2, 0.25) is 10.0 Å². The smallest absolute Gasteiger partial charge is 0.243 e. The maximum atomic E-state index is 12.8. The Morgan fingerprint density at radius 1 is 0.957 bits per heavy atom. The van der Waals surface area contributed by atoms with Crippen LogP contribution in [0.2, 0.25) is 0 Å². The molecule has 1 aromatic rings. The van der Waals surface area contributed by atoms with Crippen molar-refractivity contribution in [1.82, 2.24) is 4.31 Å². The summed E-state index contributed by atoms with van der Waals surface area (Å²) in [6.07, 6.45) is 0. The fraction of sp³-hybridized carbons (Fsp3) is 0.647. The average molecular weight is 343 g/mol. The molecule has 23 heavy (non-hydrogen) atoms. The minimum atomic E-state index is -3.48. The molecule has 5 nitrogen and oxygen atoms in total. The van der Waals surface area contributed by atoms with Crippen LogP contribution in [0, 0.1) is 11.8 Å². The molecule has 1 aromatic carbocycles. The van der Waals surface area contributed by atoms with E-state index in [0.29, 0.717) is 36.9 Å². The maximum Gasteiger partial charge on any atom is 0.243 e. The van der Waals surface area contributed by atoms with Gasteiger partial charge in [0.1, 0.15) is 12.4 Å². The number of sulfonamides is 1. The van der Waals surface area contributed by atoms with Gasteiger partial charge in [-0.2, -0.15) is 4.31 Å². The summed E-state index contributed by atoms with van der Waals surface area (Å²) in [6.45, 7) is 10.1. The third-order valence-corrected chi connectivity index (χ3v) is 5.00. The first-order valence-electron chi connectivity index (χ1n) is 7.99. The summed E-state index contributed by atoms with van der Waals surface area (Å²) >= 11 is 0. The second-order valence-electron chi connectivity index (χ2n) is 6.42. The molecule has 0 unspecified atom stereocenters. The number of nitrogens with zero attached hydrogens (tertiary/aromatic N) is 1. The Bertz CT molecular complexity index is 542. The summed E-state index contributed by atoms with van der Waals surface area (Å²) in [5.41, 5.74) is 0. The van der Waals surface area contributed by atoms with Gasteiger partial charge in [-0.15, -0.1) is 0 Å². The van der Waals surface area contributed by atoms with Crippen LogP contribution < -0.4 is 4.74 Å². The van der Waals surface area contributed by atoms with E-state index in [1.165, 1.54) is 0 Å². The van der Waals surface area contributed by atoms with Crippen molar-refractivity contribution in [1.29, 1.82) is 0 Å². The summed E-state index contributed by atoms with van der Waals surface area (Å²) in [4.78, 5) is 0.304. The molecule has 0 saturated heterocycles. The third-order valence-electron chi connectivity index (χ3n) is 3.16. The zero-order valence-electron chi connectivity index (χ0n) is 14.8. The van der Waals surface area contributed by atoms with Crippen molar-refractivity contribution in [3.63, 3.8) is 0 Å². The van der Waals surface area contributed by atoms with E-state index >= 15 is 0 Å². The van der Waals surface area contributed by atoms with Gasteiger partial charge in [-0.25, -0.2) is 8.42 Å². The van der Waals surface area contributed by atoms with Crippen LogP contribution in [0.1, 0.15) is 27.7 Å². The highest BCUT2D eigenvalue weighted by molar-refractivity contribution is 7.89. The summed E-state index contributed by atoms with van der Waals surface area (Å²) in [7, 11) is -1.87. The molecule has 132 valence electrons. The molecule has 0 N–H and O–H groups in total. The highest BCUT2D eigenvalue weighted by atomic mass is 32.2. The Balaban J connectivity index is 2.91. The summed E-state index contributed by atoms with van der Waals surface area (Å²) < 4.78 is 37.6. The van der Waals surface area contributed by atoms with Crippen molar-refractivity contribution in [3.8, 4) is 5.75 Å². The molecular weight excluding hydrogens is 314 g/mol. The molecule has 0 bridgehead atoms. The van der Waals surface area contributed by atoms with Crippen LogP contribution in [0.25, 0.3) is 0 Å². The van der Waals surface area contributed by atoms with E-state index in [2.05, 4.69) is 0 Å². The number of hydrogen-bond acceptors (Lipinski definition) is 4. The fourth-order valence-electron chi connectivity index (χ4n) is 2.19. The van der Waals surface area contributed by atoms with Crippen LogP contribution in [-0.4, -0.2) is 46.1 Å². The number of methoxy groups -OCH3 is 1. The lowest BCUT2D eigenvalue weighted by Gasteiger charge is -2.25. The molecule has 0 fully saturated rings. The van der Waals surface area contributed by atoms with Crippen LogP contribution in [0.15, 0.2) is 29.2 Å². The normalized spacial score (nSPS) is 12.3. The van der Waals surface area contributed by atoms with Gasteiger partial charge in [0, 0.05) is 20.2 Å². The Morgan fingerprint density at radius 3 is 1.91 bits per heavy atom.